The van der Waals surface area contributed by atoms with Crippen molar-refractivity contribution in [2.24, 2.45) is 0 Å². The Kier molecular flexibility index (Phi) is 5.58. The molecule has 1 unspecified atom stereocenters. The van der Waals surface area contributed by atoms with Crippen LogP contribution in [0.15, 0.2) is 57.9 Å². The molecule has 7 heteroatoms. The van der Waals surface area contributed by atoms with Crippen LogP contribution in [-0.2, 0) is 17.6 Å². The van der Waals surface area contributed by atoms with Gasteiger partial charge in [-0.05, 0) is 11.6 Å². The molecule has 1 amide bonds. The number of amides is 1. The predicted octanol–water partition coefficient (Wildman–Crippen LogP) is 1.98. The van der Waals surface area contributed by atoms with Gasteiger partial charge in [0.1, 0.15) is 6.26 Å². The number of carbonyl (C=O) groups is 1. The van der Waals surface area contributed by atoms with Crippen LogP contribution in [0.4, 0.5) is 0 Å². The van der Waals surface area contributed by atoms with Gasteiger partial charge in [0.25, 0.3) is 0 Å². The van der Waals surface area contributed by atoms with Crippen molar-refractivity contribution in [1.82, 2.24) is 15.5 Å². The molecule has 2 aromatic heterocycles. The Bertz CT molecular complexity index is 784. The summed E-state index contributed by atoms with van der Waals surface area (Å²) in [5.41, 5.74) is 1.75. The first-order valence-corrected chi connectivity index (χ1v) is 8.04. The molecule has 25 heavy (non-hydrogen) atoms. The number of aryl methyl sites for hydroxylation is 1. The Morgan fingerprint density at radius 1 is 1.24 bits per heavy atom. The highest BCUT2D eigenvalue weighted by atomic mass is 16.5. The van der Waals surface area contributed by atoms with Crippen molar-refractivity contribution in [3.63, 3.8) is 0 Å². The molecule has 0 aliphatic rings. The van der Waals surface area contributed by atoms with Crippen molar-refractivity contribution < 1.29 is 18.8 Å². The molecule has 0 fully saturated rings. The number of hydrogen-bond acceptors (Lipinski definition) is 6. The van der Waals surface area contributed by atoms with Gasteiger partial charge in [-0.2, -0.15) is 4.98 Å². The van der Waals surface area contributed by atoms with Crippen molar-refractivity contribution in [1.29, 1.82) is 0 Å². The monoisotopic (exact) mass is 341 g/mol. The Balaban J connectivity index is 1.39. The fourth-order valence-corrected chi connectivity index (χ4v) is 2.36. The molecule has 3 rings (SSSR count). The molecular weight excluding hydrogens is 322 g/mol. The van der Waals surface area contributed by atoms with E-state index in [2.05, 4.69) is 15.5 Å². The molecule has 7 nitrogen and oxygen atoms in total. The first-order chi connectivity index (χ1) is 12.2. The van der Waals surface area contributed by atoms with E-state index in [0.717, 1.165) is 11.1 Å². The highest BCUT2D eigenvalue weighted by molar-refractivity contribution is 5.76. The van der Waals surface area contributed by atoms with Crippen LogP contribution in [0.25, 0.3) is 11.4 Å². The van der Waals surface area contributed by atoms with E-state index in [1.807, 2.05) is 30.3 Å². The highest BCUT2D eigenvalue weighted by Gasteiger charge is 2.12. The molecular formula is C18H19N3O4. The maximum atomic E-state index is 11.9. The number of rotatable bonds is 8. The Hall–Kier alpha value is -2.93. The molecule has 0 bridgehead atoms. The van der Waals surface area contributed by atoms with E-state index in [4.69, 9.17) is 8.94 Å². The molecule has 2 N–H and O–H groups in total. The number of nitrogens with zero attached hydrogens (tertiary/aromatic N) is 2. The molecule has 0 saturated heterocycles. The van der Waals surface area contributed by atoms with Crippen molar-refractivity contribution in [3.05, 3.63) is 60.4 Å². The van der Waals surface area contributed by atoms with Gasteiger partial charge in [-0.1, -0.05) is 35.5 Å². The van der Waals surface area contributed by atoms with Crippen LogP contribution in [-0.4, -0.2) is 33.8 Å². The third-order valence-corrected chi connectivity index (χ3v) is 3.66. The Labute approximate surface area is 144 Å². The van der Waals surface area contributed by atoms with E-state index in [-0.39, 0.29) is 18.9 Å². The quantitative estimate of drug-likeness (QED) is 0.650. The summed E-state index contributed by atoms with van der Waals surface area (Å²) in [7, 11) is 0. The van der Waals surface area contributed by atoms with Crippen LogP contribution in [0.3, 0.4) is 0 Å². The van der Waals surface area contributed by atoms with E-state index in [1.165, 1.54) is 12.5 Å². The molecule has 0 aliphatic heterocycles. The van der Waals surface area contributed by atoms with E-state index >= 15 is 0 Å². The lowest BCUT2D eigenvalue weighted by atomic mass is 10.1. The summed E-state index contributed by atoms with van der Waals surface area (Å²) in [6, 6.07) is 11.4. The molecule has 0 spiro atoms. The smallest absolute Gasteiger partial charge is 0.227 e. The molecule has 2 heterocycles. The molecule has 0 radical (unpaired) electrons. The topological polar surface area (TPSA) is 101 Å². The van der Waals surface area contributed by atoms with E-state index in [0.29, 0.717) is 24.6 Å². The fraction of sp³-hybridized carbons (Fsp3) is 0.278. The second-order valence-corrected chi connectivity index (χ2v) is 5.67. The lowest BCUT2D eigenvalue weighted by Gasteiger charge is -2.11. The highest BCUT2D eigenvalue weighted by Crippen LogP contribution is 2.16. The van der Waals surface area contributed by atoms with Crippen molar-refractivity contribution in [2.45, 2.75) is 25.4 Å². The van der Waals surface area contributed by atoms with Gasteiger partial charge in [0, 0.05) is 25.8 Å². The van der Waals surface area contributed by atoms with E-state index in [1.54, 1.807) is 6.07 Å². The second-order valence-electron chi connectivity index (χ2n) is 5.67. The molecule has 0 aliphatic carbocycles. The molecule has 1 aromatic carbocycles. The standard InChI is InChI=1S/C18H19N3O4/c22-15(10-13-4-2-1-3-5-13)11-19-16(23)6-7-17-20-18(21-25-17)14-8-9-24-12-14/h1-5,8-9,12,15,22H,6-7,10-11H2,(H,19,23). The SMILES string of the molecule is O=C(CCc1nc(-c2ccoc2)no1)NCC(O)Cc1ccccc1. The van der Waals surface area contributed by atoms with Gasteiger partial charge < -0.3 is 19.4 Å². The minimum atomic E-state index is -0.623. The molecule has 3 aromatic rings. The van der Waals surface area contributed by atoms with Crippen LogP contribution in [0.5, 0.6) is 0 Å². The van der Waals surface area contributed by atoms with Gasteiger partial charge in [-0.15, -0.1) is 0 Å². The Morgan fingerprint density at radius 2 is 2.08 bits per heavy atom. The summed E-state index contributed by atoms with van der Waals surface area (Å²) >= 11 is 0. The van der Waals surface area contributed by atoms with Crippen molar-refractivity contribution in [2.75, 3.05) is 6.54 Å². The number of aliphatic hydroxyl groups is 1. The van der Waals surface area contributed by atoms with Crippen LogP contribution < -0.4 is 5.32 Å². The normalized spacial score (nSPS) is 12.0. The lowest BCUT2D eigenvalue weighted by Crippen LogP contribution is -2.33. The van der Waals surface area contributed by atoms with Crippen LogP contribution in [0, 0.1) is 0 Å². The third-order valence-electron chi connectivity index (χ3n) is 3.66. The van der Waals surface area contributed by atoms with Crippen LogP contribution in [0.1, 0.15) is 17.9 Å². The zero-order valence-electron chi connectivity index (χ0n) is 13.6. The average Bonchev–Trinajstić information content (AvgIpc) is 3.30. The van der Waals surface area contributed by atoms with Gasteiger partial charge in [-0.25, -0.2) is 0 Å². The van der Waals surface area contributed by atoms with E-state index < -0.39 is 6.10 Å². The second kappa shape index (κ2) is 8.25. The van der Waals surface area contributed by atoms with Crippen molar-refractivity contribution >= 4 is 5.91 Å². The predicted molar refractivity (Wildman–Crippen MR) is 89.5 cm³/mol. The van der Waals surface area contributed by atoms with Crippen LogP contribution >= 0.6 is 0 Å². The maximum absolute atomic E-state index is 11.9. The fourth-order valence-electron chi connectivity index (χ4n) is 2.36. The van der Waals surface area contributed by atoms with Gasteiger partial charge in [0.2, 0.25) is 17.6 Å². The first-order valence-electron chi connectivity index (χ1n) is 8.04. The summed E-state index contributed by atoms with van der Waals surface area (Å²) in [4.78, 5) is 16.1. The summed E-state index contributed by atoms with van der Waals surface area (Å²) in [5, 5.41) is 16.5. The van der Waals surface area contributed by atoms with Gasteiger partial charge in [0.05, 0.1) is 17.9 Å². The minimum absolute atomic E-state index is 0.171. The maximum Gasteiger partial charge on any atom is 0.227 e. The number of benzene rings is 1. The number of carbonyl (C=O) groups excluding carboxylic acids is 1. The van der Waals surface area contributed by atoms with Crippen molar-refractivity contribution in [3.8, 4) is 11.4 Å². The van der Waals surface area contributed by atoms with Gasteiger partial charge in [0.15, 0.2) is 0 Å². The number of aliphatic hydroxyl groups excluding tert-OH is 1. The number of nitrogens with one attached hydrogen (secondary N) is 1. The molecule has 1 atom stereocenters. The largest absolute Gasteiger partial charge is 0.472 e. The Morgan fingerprint density at radius 3 is 2.84 bits per heavy atom. The number of hydrogen-bond donors (Lipinski definition) is 2. The van der Waals surface area contributed by atoms with Gasteiger partial charge >= 0.3 is 0 Å². The average molecular weight is 341 g/mol. The molecule has 130 valence electrons. The minimum Gasteiger partial charge on any atom is -0.472 e. The molecule has 0 saturated carbocycles. The number of aromatic nitrogens is 2. The van der Waals surface area contributed by atoms with Gasteiger partial charge in [-0.3, -0.25) is 4.79 Å². The zero-order valence-corrected chi connectivity index (χ0v) is 13.6. The van der Waals surface area contributed by atoms with Crippen LogP contribution in [0.2, 0.25) is 0 Å². The summed E-state index contributed by atoms with van der Waals surface area (Å²) in [5.74, 6) is 0.647. The summed E-state index contributed by atoms with van der Waals surface area (Å²) < 4.78 is 10.1. The third kappa shape index (κ3) is 5.02. The zero-order chi connectivity index (χ0) is 17.5. The lowest BCUT2D eigenvalue weighted by molar-refractivity contribution is -0.121. The van der Waals surface area contributed by atoms with E-state index in [9.17, 15) is 9.90 Å². The first kappa shape index (κ1) is 16.9. The summed E-state index contributed by atoms with van der Waals surface area (Å²) in [6.45, 7) is 0.206. The number of furan rings is 1. The summed E-state index contributed by atoms with van der Waals surface area (Å²) in [6.07, 6.45) is 3.48.